The maximum Gasteiger partial charge on any atom is 0.416 e. The number of benzene rings is 2. The molecule has 2 aromatic carbocycles. The molecule has 1 atom stereocenters. The van der Waals surface area contributed by atoms with E-state index < -0.39 is 33.7 Å². The number of sulfonamides is 1. The molecule has 0 aliphatic carbocycles. The van der Waals surface area contributed by atoms with E-state index in [4.69, 9.17) is 0 Å². The highest BCUT2D eigenvalue weighted by atomic mass is 32.2. The van der Waals surface area contributed by atoms with Gasteiger partial charge in [-0.2, -0.15) is 17.5 Å². The average molecular weight is 440 g/mol. The van der Waals surface area contributed by atoms with Gasteiger partial charge < -0.3 is 5.32 Å². The van der Waals surface area contributed by atoms with Gasteiger partial charge in [0.05, 0.1) is 10.5 Å². The van der Waals surface area contributed by atoms with Gasteiger partial charge >= 0.3 is 6.18 Å². The molecule has 30 heavy (non-hydrogen) atoms. The van der Waals surface area contributed by atoms with Gasteiger partial charge in [-0.3, -0.25) is 4.79 Å². The van der Waals surface area contributed by atoms with Crippen LogP contribution in [-0.4, -0.2) is 31.2 Å². The fraction of sp³-hybridized carbons (Fsp3) is 0.381. The summed E-state index contributed by atoms with van der Waals surface area (Å²) >= 11 is 0. The Morgan fingerprint density at radius 3 is 2.37 bits per heavy atom. The van der Waals surface area contributed by atoms with Crippen LogP contribution in [0.25, 0.3) is 0 Å². The Hall–Kier alpha value is -2.39. The first-order chi connectivity index (χ1) is 14.0. The second kappa shape index (κ2) is 8.39. The molecule has 1 fully saturated rings. The highest BCUT2D eigenvalue weighted by molar-refractivity contribution is 7.89. The van der Waals surface area contributed by atoms with Crippen LogP contribution in [0.3, 0.4) is 0 Å². The highest BCUT2D eigenvalue weighted by Crippen LogP contribution is 2.34. The molecule has 9 heteroatoms. The van der Waals surface area contributed by atoms with Gasteiger partial charge in [-0.1, -0.05) is 30.2 Å². The summed E-state index contributed by atoms with van der Waals surface area (Å²) in [4.78, 5) is 12.9. The Bertz CT molecular complexity index is 1030. The van der Waals surface area contributed by atoms with Crippen LogP contribution >= 0.6 is 0 Å². The van der Waals surface area contributed by atoms with E-state index in [1.165, 1.54) is 31.2 Å². The molecule has 162 valence electrons. The van der Waals surface area contributed by atoms with Crippen LogP contribution in [0.1, 0.15) is 36.0 Å². The highest BCUT2D eigenvalue weighted by Gasteiger charge is 2.38. The molecule has 1 N–H and O–H groups in total. The quantitative estimate of drug-likeness (QED) is 0.761. The topological polar surface area (TPSA) is 66.5 Å². The van der Waals surface area contributed by atoms with E-state index in [1.54, 1.807) is 12.1 Å². The molecular weight excluding hydrogens is 417 g/mol. The number of carbonyl (C=O) groups is 1. The molecule has 1 aliphatic rings. The third-order valence-electron chi connectivity index (χ3n) is 5.19. The van der Waals surface area contributed by atoms with Gasteiger partial charge in [-0.05, 0) is 56.5 Å². The largest absolute Gasteiger partial charge is 0.416 e. The Kier molecular flexibility index (Phi) is 6.24. The zero-order valence-electron chi connectivity index (χ0n) is 16.7. The minimum Gasteiger partial charge on any atom is -0.325 e. The average Bonchev–Trinajstić information content (AvgIpc) is 2.69. The predicted octanol–water partition coefficient (Wildman–Crippen LogP) is 4.50. The van der Waals surface area contributed by atoms with Crippen molar-refractivity contribution in [3.05, 3.63) is 59.2 Å². The van der Waals surface area contributed by atoms with E-state index >= 15 is 0 Å². The lowest BCUT2D eigenvalue weighted by molar-refractivity contribution is -0.138. The first kappa shape index (κ1) is 22.3. The number of nitrogens with zero attached hydrogens (tertiary/aromatic N) is 1. The Morgan fingerprint density at radius 1 is 1.07 bits per heavy atom. The summed E-state index contributed by atoms with van der Waals surface area (Å²) in [7, 11) is -3.91. The second-order valence-corrected chi connectivity index (χ2v) is 9.35. The summed E-state index contributed by atoms with van der Waals surface area (Å²) < 4.78 is 66.8. The number of carbonyl (C=O) groups excluding carboxylic acids is 1. The summed E-state index contributed by atoms with van der Waals surface area (Å²) in [5.41, 5.74) is 0.0905. The zero-order chi connectivity index (χ0) is 22.1. The fourth-order valence-electron chi connectivity index (χ4n) is 3.53. The minimum atomic E-state index is -4.55. The Labute approximate surface area is 173 Å². The van der Waals surface area contributed by atoms with Gasteiger partial charge in [-0.25, -0.2) is 8.42 Å². The van der Waals surface area contributed by atoms with Crippen LogP contribution in [0.2, 0.25) is 0 Å². The number of hydrogen-bond acceptors (Lipinski definition) is 3. The van der Waals surface area contributed by atoms with E-state index in [9.17, 15) is 26.4 Å². The van der Waals surface area contributed by atoms with Crippen molar-refractivity contribution >= 4 is 21.6 Å². The number of anilines is 1. The summed E-state index contributed by atoms with van der Waals surface area (Å²) in [6.07, 6.45) is -2.98. The SMILES string of the molecule is Cc1ccc(S(=O)(=O)N2CCCCC2C(=O)Nc2ccc(C)c(C(F)(F)F)c2)cc1. The molecule has 1 amide bonds. The molecule has 1 saturated heterocycles. The molecule has 0 bridgehead atoms. The van der Waals surface area contributed by atoms with Crippen molar-refractivity contribution in [2.24, 2.45) is 0 Å². The predicted molar refractivity (Wildman–Crippen MR) is 108 cm³/mol. The van der Waals surface area contributed by atoms with Crippen molar-refractivity contribution in [2.75, 3.05) is 11.9 Å². The van der Waals surface area contributed by atoms with E-state index in [1.807, 2.05) is 6.92 Å². The zero-order valence-corrected chi connectivity index (χ0v) is 17.5. The standard InChI is InChI=1S/C21H23F3N2O3S/c1-14-6-10-17(11-7-14)30(28,29)26-12-4-3-5-19(26)20(27)25-16-9-8-15(2)18(13-16)21(22,23)24/h6-11,13,19H,3-5,12H2,1-2H3,(H,25,27). The summed E-state index contributed by atoms with van der Waals surface area (Å²) in [6, 6.07) is 8.88. The number of nitrogens with one attached hydrogen (secondary N) is 1. The van der Waals surface area contributed by atoms with Crippen LogP contribution in [0, 0.1) is 13.8 Å². The molecular formula is C21H23F3N2O3S. The Balaban J connectivity index is 1.86. The van der Waals surface area contributed by atoms with Crippen molar-refractivity contribution in [1.29, 1.82) is 0 Å². The van der Waals surface area contributed by atoms with Crippen LogP contribution in [-0.2, 0) is 21.0 Å². The lowest BCUT2D eigenvalue weighted by atomic mass is 10.0. The molecule has 0 spiro atoms. The van der Waals surface area contributed by atoms with Crippen molar-refractivity contribution < 1.29 is 26.4 Å². The lowest BCUT2D eigenvalue weighted by Gasteiger charge is -2.33. The maximum absolute atomic E-state index is 13.2. The molecule has 1 heterocycles. The van der Waals surface area contributed by atoms with Crippen molar-refractivity contribution in [3.8, 4) is 0 Å². The summed E-state index contributed by atoms with van der Waals surface area (Å²) in [5.74, 6) is -0.637. The minimum absolute atomic E-state index is 0.0174. The van der Waals surface area contributed by atoms with Gasteiger partial charge in [-0.15, -0.1) is 0 Å². The first-order valence-electron chi connectivity index (χ1n) is 9.57. The third kappa shape index (κ3) is 4.67. The van der Waals surface area contributed by atoms with Gasteiger partial charge in [0.25, 0.3) is 0 Å². The van der Waals surface area contributed by atoms with E-state index in [2.05, 4.69) is 5.32 Å². The van der Waals surface area contributed by atoms with Crippen LogP contribution in [0.4, 0.5) is 18.9 Å². The molecule has 0 aromatic heterocycles. The van der Waals surface area contributed by atoms with E-state index in [0.717, 1.165) is 15.9 Å². The van der Waals surface area contributed by atoms with Crippen molar-refractivity contribution in [1.82, 2.24) is 4.31 Å². The number of alkyl halides is 3. The van der Waals surface area contributed by atoms with E-state index in [-0.39, 0.29) is 22.7 Å². The van der Waals surface area contributed by atoms with Crippen LogP contribution in [0.15, 0.2) is 47.4 Å². The lowest BCUT2D eigenvalue weighted by Crippen LogP contribution is -2.49. The molecule has 2 aromatic rings. The summed E-state index contributed by atoms with van der Waals surface area (Å²) in [5, 5.41) is 2.47. The normalized spacial score (nSPS) is 18.2. The maximum atomic E-state index is 13.2. The number of rotatable bonds is 4. The molecule has 0 radical (unpaired) electrons. The number of aryl methyl sites for hydroxylation is 2. The van der Waals surface area contributed by atoms with Gasteiger partial charge in [0.15, 0.2) is 0 Å². The number of amides is 1. The first-order valence-corrected chi connectivity index (χ1v) is 11.0. The van der Waals surface area contributed by atoms with Crippen LogP contribution < -0.4 is 5.32 Å². The van der Waals surface area contributed by atoms with Crippen LogP contribution in [0.5, 0.6) is 0 Å². The van der Waals surface area contributed by atoms with E-state index in [0.29, 0.717) is 19.3 Å². The number of piperidine rings is 1. The Morgan fingerprint density at radius 2 is 1.73 bits per heavy atom. The smallest absolute Gasteiger partial charge is 0.325 e. The monoisotopic (exact) mass is 440 g/mol. The third-order valence-corrected chi connectivity index (χ3v) is 7.12. The summed E-state index contributed by atoms with van der Waals surface area (Å²) in [6.45, 7) is 3.35. The number of hydrogen-bond donors (Lipinski definition) is 1. The van der Waals surface area contributed by atoms with Crippen molar-refractivity contribution in [3.63, 3.8) is 0 Å². The molecule has 1 unspecified atom stereocenters. The van der Waals surface area contributed by atoms with Gasteiger partial charge in [0, 0.05) is 12.2 Å². The molecule has 0 saturated carbocycles. The molecule has 3 rings (SSSR count). The number of halogens is 3. The van der Waals surface area contributed by atoms with Gasteiger partial charge in [0.1, 0.15) is 6.04 Å². The van der Waals surface area contributed by atoms with Crippen molar-refractivity contribution in [2.45, 2.75) is 50.2 Å². The second-order valence-electron chi connectivity index (χ2n) is 7.46. The van der Waals surface area contributed by atoms with Gasteiger partial charge in [0.2, 0.25) is 15.9 Å². The molecule has 5 nitrogen and oxygen atoms in total. The fourth-order valence-corrected chi connectivity index (χ4v) is 5.19. The molecule has 1 aliphatic heterocycles.